The fraction of sp³-hybridized carbons (Fsp3) is 0.533. The Balaban J connectivity index is 0.00000161. The number of benzene rings is 1. The lowest BCUT2D eigenvalue weighted by atomic mass is 10.0. The molecule has 0 radical (unpaired) electrons. The van der Waals surface area contributed by atoms with Crippen LogP contribution in [0, 0.1) is 11.8 Å². The Labute approximate surface area is 136 Å². The zero-order valence-electron chi connectivity index (χ0n) is 12.1. The van der Waals surface area contributed by atoms with E-state index in [2.05, 4.69) is 5.32 Å². The van der Waals surface area contributed by atoms with Gasteiger partial charge in [-0.2, -0.15) is 0 Å². The smallest absolute Gasteiger partial charge is 0.232 e. The Kier molecular flexibility index (Phi) is 5.79. The molecule has 21 heavy (non-hydrogen) atoms. The van der Waals surface area contributed by atoms with Crippen LogP contribution in [0.25, 0.3) is 0 Å². The second-order valence-corrected chi connectivity index (χ2v) is 6.49. The lowest BCUT2D eigenvalue weighted by molar-refractivity contribution is -0.127. The summed E-state index contributed by atoms with van der Waals surface area (Å²) in [5, 5.41) is 3.40. The number of hydrogen-bond acceptors (Lipinski definition) is 4. The van der Waals surface area contributed by atoms with Gasteiger partial charge < -0.3 is 15.0 Å². The third-order valence-electron chi connectivity index (χ3n) is 4.16. The zero-order valence-corrected chi connectivity index (χ0v) is 13.7. The highest BCUT2D eigenvalue weighted by atomic mass is 35.5. The number of carbonyl (C=O) groups is 1. The number of amides is 1. The minimum atomic E-state index is 0. The molecule has 0 bridgehead atoms. The number of nitrogens with zero attached hydrogens (tertiary/aromatic N) is 1. The Morgan fingerprint density at radius 1 is 1.29 bits per heavy atom. The van der Waals surface area contributed by atoms with Crippen LogP contribution in [0.5, 0.6) is 5.75 Å². The molecule has 6 heteroatoms. The summed E-state index contributed by atoms with van der Waals surface area (Å²) >= 11 is 1.60. The van der Waals surface area contributed by atoms with Crippen molar-refractivity contribution in [3.63, 3.8) is 0 Å². The van der Waals surface area contributed by atoms with Crippen LogP contribution in [0.4, 0.5) is 0 Å². The van der Waals surface area contributed by atoms with Crippen molar-refractivity contribution < 1.29 is 9.53 Å². The molecule has 2 heterocycles. The standard InChI is InChI=1S/C15H20N2O2S.ClH/c1-19-13-2-4-14(5-3-13)20-10-15(18)17-8-11-6-16-7-12(11)9-17;/h2-5,11-12,16H,6-10H2,1H3;1H/t11-,12+;. The second-order valence-electron chi connectivity index (χ2n) is 5.44. The van der Waals surface area contributed by atoms with Crippen molar-refractivity contribution in [2.24, 2.45) is 11.8 Å². The van der Waals surface area contributed by atoms with Gasteiger partial charge in [-0.25, -0.2) is 0 Å². The highest BCUT2D eigenvalue weighted by Gasteiger charge is 2.37. The number of thioether (sulfide) groups is 1. The Bertz CT molecular complexity index is 471. The normalized spacial score (nSPS) is 23.6. The summed E-state index contributed by atoms with van der Waals surface area (Å²) in [6, 6.07) is 7.86. The molecule has 2 aliphatic heterocycles. The summed E-state index contributed by atoms with van der Waals surface area (Å²) in [5.74, 6) is 2.98. The fourth-order valence-corrected chi connectivity index (χ4v) is 3.77. The van der Waals surface area contributed by atoms with Gasteiger partial charge in [-0.3, -0.25) is 4.79 Å². The van der Waals surface area contributed by atoms with Crippen LogP contribution in [-0.4, -0.2) is 49.8 Å². The molecule has 0 aliphatic carbocycles. The maximum absolute atomic E-state index is 12.2. The van der Waals surface area contributed by atoms with E-state index in [0.717, 1.165) is 36.8 Å². The summed E-state index contributed by atoms with van der Waals surface area (Å²) < 4.78 is 5.13. The number of likely N-dealkylation sites (tertiary alicyclic amines) is 1. The van der Waals surface area contributed by atoms with Crippen LogP contribution >= 0.6 is 24.2 Å². The van der Waals surface area contributed by atoms with Crippen molar-refractivity contribution in [3.8, 4) is 5.75 Å². The average molecular weight is 329 g/mol. The monoisotopic (exact) mass is 328 g/mol. The average Bonchev–Trinajstić information content (AvgIpc) is 3.06. The predicted molar refractivity (Wildman–Crippen MR) is 87.4 cm³/mol. The molecule has 3 rings (SSSR count). The molecule has 0 unspecified atom stereocenters. The first-order valence-corrected chi connectivity index (χ1v) is 8.00. The third kappa shape index (κ3) is 3.84. The zero-order chi connectivity index (χ0) is 13.9. The summed E-state index contributed by atoms with van der Waals surface area (Å²) in [6.07, 6.45) is 0. The van der Waals surface area contributed by atoms with Crippen LogP contribution in [0.3, 0.4) is 0 Å². The lowest BCUT2D eigenvalue weighted by Gasteiger charge is -2.17. The van der Waals surface area contributed by atoms with Crippen molar-refractivity contribution in [2.45, 2.75) is 4.90 Å². The van der Waals surface area contributed by atoms with Crippen molar-refractivity contribution in [1.82, 2.24) is 10.2 Å². The molecule has 0 spiro atoms. The molecule has 2 aliphatic rings. The van der Waals surface area contributed by atoms with E-state index in [0.29, 0.717) is 17.6 Å². The molecule has 1 amide bonds. The highest BCUT2D eigenvalue weighted by molar-refractivity contribution is 8.00. The van der Waals surface area contributed by atoms with E-state index in [9.17, 15) is 4.79 Å². The molecular formula is C15H21ClN2O2S. The molecule has 4 nitrogen and oxygen atoms in total. The van der Waals surface area contributed by atoms with Gasteiger partial charge in [0.1, 0.15) is 5.75 Å². The highest BCUT2D eigenvalue weighted by Crippen LogP contribution is 2.28. The van der Waals surface area contributed by atoms with Crippen LogP contribution < -0.4 is 10.1 Å². The van der Waals surface area contributed by atoms with E-state index >= 15 is 0 Å². The second kappa shape index (κ2) is 7.38. The Hall–Kier alpha value is -0.910. The van der Waals surface area contributed by atoms with E-state index < -0.39 is 0 Å². The molecule has 2 fully saturated rings. The Morgan fingerprint density at radius 2 is 1.90 bits per heavy atom. The lowest BCUT2D eigenvalue weighted by Crippen LogP contribution is -2.33. The van der Waals surface area contributed by atoms with Crippen LogP contribution in [-0.2, 0) is 4.79 Å². The SMILES string of the molecule is COc1ccc(SCC(=O)N2C[C@H]3CNC[C@H]3C2)cc1.Cl. The molecule has 1 N–H and O–H groups in total. The molecular weight excluding hydrogens is 308 g/mol. The van der Waals surface area contributed by atoms with Gasteiger partial charge in [-0.05, 0) is 36.1 Å². The number of ether oxygens (including phenoxy) is 1. The van der Waals surface area contributed by atoms with Crippen molar-refractivity contribution in [3.05, 3.63) is 24.3 Å². The van der Waals surface area contributed by atoms with E-state index in [1.807, 2.05) is 29.2 Å². The first kappa shape index (κ1) is 16.5. The van der Waals surface area contributed by atoms with Gasteiger partial charge in [-0.15, -0.1) is 24.2 Å². The van der Waals surface area contributed by atoms with E-state index in [1.165, 1.54) is 0 Å². The maximum Gasteiger partial charge on any atom is 0.232 e. The summed E-state index contributed by atoms with van der Waals surface area (Å²) in [4.78, 5) is 15.4. The first-order valence-electron chi connectivity index (χ1n) is 7.01. The minimum absolute atomic E-state index is 0. The predicted octanol–water partition coefficient (Wildman–Crippen LogP) is 1.89. The largest absolute Gasteiger partial charge is 0.497 e. The summed E-state index contributed by atoms with van der Waals surface area (Å²) in [5.41, 5.74) is 0. The fourth-order valence-electron chi connectivity index (χ4n) is 2.97. The minimum Gasteiger partial charge on any atom is -0.497 e. The first-order chi connectivity index (χ1) is 9.76. The quantitative estimate of drug-likeness (QED) is 0.857. The van der Waals surface area contributed by atoms with Gasteiger partial charge in [0.15, 0.2) is 0 Å². The van der Waals surface area contributed by atoms with Gasteiger partial charge in [0.25, 0.3) is 0 Å². The van der Waals surface area contributed by atoms with Crippen LogP contribution in [0.2, 0.25) is 0 Å². The topological polar surface area (TPSA) is 41.6 Å². The number of hydrogen-bond donors (Lipinski definition) is 1. The summed E-state index contributed by atoms with van der Waals surface area (Å²) in [6.45, 7) is 4.00. The van der Waals surface area contributed by atoms with Crippen LogP contribution in [0.1, 0.15) is 0 Å². The number of carbonyl (C=O) groups excluding carboxylic acids is 1. The van der Waals surface area contributed by atoms with E-state index in [4.69, 9.17) is 4.74 Å². The van der Waals surface area contributed by atoms with Gasteiger partial charge in [-0.1, -0.05) is 0 Å². The third-order valence-corrected chi connectivity index (χ3v) is 5.16. The number of nitrogens with one attached hydrogen (secondary N) is 1. The molecule has 0 saturated carbocycles. The van der Waals surface area contributed by atoms with Gasteiger partial charge in [0.2, 0.25) is 5.91 Å². The van der Waals surface area contributed by atoms with Gasteiger partial charge >= 0.3 is 0 Å². The Morgan fingerprint density at radius 3 is 2.48 bits per heavy atom. The summed E-state index contributed by atoms with van der Waals surface area (Å²) in [7, 11) is 1.66. The number of methoxy groups -OCH3 is 1. The molecule has 0 aromatic heterocycles. The maximum atomic E-state index is 12.2. The van der Waals surface area contributed by atoms with Crippen molar-refractivity contribution >= 4 is 30.1 Å². The molecule has 1 aromatic rings. The number of fused-ring (bicyclic) bond motifs is 1. The number of halogens is 1. The van der Waals surface area contributed by atoms with E-state index in [-0.39, 0.29) is 18.3 Å². The molecule has 116 valence electrons. The van der Waals surface area contributed by atoms with Crippen molar-refractivity contribution in [2.75, 3.05) is 39.0 Å². The van der Waals surface area contributed by atoms with Gasteiger partial charge in [0.05, 0.1) is 12.9 Å². The molecule has 2 saturated heterocycles. The van der Waals surface area contributed by atoms with Gasteiger partial charge in [0, 0.05) is 31.1 Å². The molecule has 1 aromatic carbocycles. The van der Waals surface area contributed by atoms with E-state index in [1.54, 1.807) is 18.9 Å². The van der Waals surface area contributed by atoms with Crippen LogP contribution in [0.15, 0.2) is 29.2 Å². The molecule has 2 atom stereocenters. The number of rotatable bonds is 4. The van der Waals surface area contributed by atoms with Crippen molar-refractivity contribution in [1.29, 1.82) is 0 Å².